The number of nitrogens with two attached hydrogens (primary N) is 1. The van der Waals surface area contributed by atoms with E-state index in [0.29, 0.717) is 12.5 Å². The Morgan fingerprint density at radius 2 is 1.82 bits per heavy atom. The molecule has 3 nitrogen and oxygen atoms in total. The molecule has 1 atom stereocenters. The van der Waals surface area contributed by atoms with Gasteiger partial charge in [0.25, 0.3) is 0 Å². The van der Waals surface area contributed by atoms with Crippen molar-refractivity contribution < 1.29 is 5.11 Å². The fourth-order valence-corrected chi connectivity index (χ4v) is 2.37. The third-order valence-electron chi connectivity index (χ3n) is 3.65. The van der Waals surface area contributed by atoms with Crippen LogP contribution in [0.5, 0.6) is 0 Å². The molecule has 1 fully saturated rings. The lowest BCUT2D eigenvalue weighted by Crippen LogP contribution is -2.36. The molecule has 0 aromatic carbocycles. The van der Waals surface area contributed by atoms with Crippen LogP contribution in [-0.4, -0.2) is 42.8 Å². The minimum atomic E-state index is 0. The molecule has 0 aliphatic carbocycles. The first-order valence-corrected chi connectivity index (χ1v) is 6.31. The van der Waals surface area contributed by atoms with E-state index in [4.69, 9.17) is 10.8 Å². The molecule has 0 aromatic rings. The summed E-state index contributed by atoms with van der Waals surface area (Å²) in [6.45, 7) is 6.95. The summed E-state index contributed by atoms with van der Waals surface area (Å²) in [5.74, 6) is 1.22. The highest BCUT2D eigenvalue weighted by atomic mass is 35.5. The molecular weight excluding hydrogens is 259 g/mol. The van der Waals surface area contributed by atoms with E-state index in [0.717, 1.165) is 18.9 Å². The van der Waals surface area contributed by atoms with Gasteiger partial charge in [-0.1, -0.05) is 6.92 Å². The number of nitrogens with zero attached hydrogens (tertiary/aromatic N) is 1. The summed E-state index contributed by atoms with van der Waals surface area (Å²) in [5.41, 5.74) is 5.48. The highest BCUT2D eigenvalue weighted by Crippen LogP contribution is 2.24. The number of likely N-dealkylation sites (tertiary alicyclic amines) is 1. The normalized spacial score (nSPS) is 19.2. The first-order chi connectivity index (χ1) is 7.27. The van der Waals surface area contributed by atoms with Crippen LogP contribution >= 0.6 is 24.8 Å². The van der Waals surface area contributed by atoms with E-state index in [2.05, 4.69) is 11.8 Å². The molecule has 1 saturated heterocycles. The van der Waals surface area contributed by atoms with E-state index in [1.165, 1.54) is 38.9 Å². The van der Waals surface area contributed by atoms with Crippen LogP contribution in [0.3, 0.4) is 0 Å². The summed E-state index contributed by atoms with van der Waals surface area (Å²) in [4.78, 5) is 2.54. The zero-order valence-electron chi connectivity index (χ0n) is 10.8. The summed E-state index contributed by atoms with van der Waals surface area (Å²) >= 11 is 0. The molecule has 1 rings (SSSR count). The van der Waals surface area contributed by atoms with Crippen molar-refractivity contribution in [3.05, 3.63) is 0 Å². The highest BCUT2D eigenvalue weighted by molar-refractivity contribution is 5.85. The van der Waals surface area contributed by atoms with Gasteiger partial charge < -0.3 is 15.7 Å². The van der Waals surface area contributed by atoms with Crippen molar-refractivity contribution in [3.8, 4) is 0 Å². The van der Waals surface area contributed by atoms with Crippen LogP contribution < -0.4 is 5.73 Å². The summed E-state index contributed by atoms with van der Waals surface area (Å²) in [6.07, 6.45) is 4.89. The Morgan fingerprint density at radius 1 is 1.24 bits per heavy atom. The number of rotatable bonds is 6. The summed E-state index contributed by atoms with van der Waals surface area (Å²) in [6, 6.07) is 0. The quantitative estimate of drug-likeness (QED) is 0.734. The first kappa shape index (κ1) is 19.8. The molecular formula is C12H28Cl2N2O. The Morgan fingerprint density at radius 3 is 2.29 bits per heavy atom. The standard InChI is InChI=1S/C12H26N2O.2ClH/c1-11(10-15)12-4-8-14(9-5-12)7-3-2-6-13;;/h11-12,15H,2-10,13H2,1H3;2*1H. The number of piperidine rings is 1. The van der Waals surface area contributed by atoms with Gasteiger partial charge >= 0.3 is 0 Å². The molecule has 0 spiro atoms. The van der Waals surface area contributed by atoms with Crippen LogP contribution in [-0.2, 0) is 0 Å². The zero-order chi connectivity index (χ0) is 11.1. The van der Waals surface area contributed by atoms with Crippen LogP contribution in [0.1, 0.15) is 32.6 Å². The Labute approximate surface area is 118 Å². The molecule has 1 aliphatic heterocycles. The van der Waals surface area contributed by atoms with Crippen LogP contribution in [0.15, 0.2) is 0 Å². The van der Waals surface area contributed by atoms with Gasteiger partial charge in [-0.25, -0.2) is 0 Å². The van der Waals surface area contributed by atoms with Crippen molar-refractivity contribution >= 4 is 24.8 Å². The first-order valence-electron chi connectivity index (χ1n) is 6.31. The molecule has 0 bridgehead atoms. The Balaban J connectivity index is 0. The van der Waals surface area contributed by atoms with Gasteiger partial charge in [-0.2, -0.15) is 0 Å². The van der Waals surface area contributed by atoms with Crippen molar-refractivity contribution in [2.75, 3.05) is 32.8 Å². The lowest BCUT2D eigenvalue weighted by atomic mass is 9.86. The van der Waals surface area contributed by atoms with Crippen molar-refractivity contribution in [2.45, 2.75) is 32.6 Å². The van der Waals surface area contributed by atoms with E-state index in [-0.39, 0.29) is 24.8 Å². The van der Waals surface area contributed by atoms with Crippen LogP contribution in [0, 0.1) is 11.8 Å². The van der Waals surface area contributed by atoms with Gasteiger partial charge in [0, 0.05) is 6.61 Å². The second-order valence-electron chi connectivity index (χ2n) is 4.83. The van der Waals surface area contributed by atoms with Gasteiger partial charge in [-0.15, -0.1) is 24.8 Å². The van der Waals surface area contributed by atoms with Gasteiger partial charge in [-0.05, 0) is 63.7 Å². The predicted molar refractivity (Wildman–Crippen MR) is 78.2 cm³/mol. The topological polar surface area (TPSA) is 49.5 Å². The number of halogens is 2. The minimum absolute atomic E-state index is 0. The van der Waals surface area contributed by atoms with Crippen LogP contribution in [0.25, 0.3) is 0 Å². The molecule has 0 saturated carbocycles. The SMILES string of the molecule is CC(CO)C1CCN(CCCCN)CC1.Cl.Cl. The van der Waals surface area contributed by atoms with E-state index in [1.54, 1.807) is 0 Å². The molecule has 3 N–H and O–H groups in total. The van der Waals surface area contributed by atoms with Gasteiger partial charge in [-0.3, -0.25) is 0 Å². The van der Waals surface area contributed by atoms with Gasteiger partial charge in [0.2, 0.25) is 0 Å². The molecule has 17 heavy (non-hydrogen) atoms. The number of aliphatic hydroxyl groups is 1. The monoisotopic (exact) mass is 286 g/mol. The molecule has 0 aromatic heterocycles. The smallest absolute Gasteiger partial charge is 0.0459 e. The van der Waals surface area contributed by atoms with Gasteiger partial charge in [0.05, 0.1) is 0 Å². The van der Waals surface area contributed by atoms with E-state index < -0.39 is 0 Å². The minimum Gasteiger partial charge on any atom is -0.396 e. The average Bonchev–Trinajstić information content (AvgIpc) is 2.29. The summed E-state index contributed by atoms with van der Waals surface area (Å²) in [7, 11) is 0. The van der Waals surface area contributed by atoms with Crippen molar-refractivity contribution in [3.63, 3.8) is 0 Å². The third-order valence-corrected chi connectivity index (χ3v) is 3.65. The number of hydrogen-bond acceptors (Lipinski definition) is 3. The fraction of sp³-hybridized carbons (Fsp3) is 1.00. The molecule has 0 amide bonds. The Kier molecular flexibility index (Phi) is 13.4. The molecule has 106 valence electrons. The fourth-order valence-electron chi connectivity index (χ4n) is 2.37. The van der Waals surface area contributed by atoms with Gasteiger partial charge in [0.15, 0.2) is 0 Å². The second-order valence-corrected chi connectivity index (χ2v) is 4.83. The Bertz CT molecular complexity index is 165. The number of unbranched alkanes of at least 4 members (excludes halogenated alkanes) is 1. The lowest BCUT2D eigenvalue weighted by molar-refractivity contribution is 0.115. The summed E-state index contributed by atoms with van der Waals surface area (Å²) < 4.78 is 0. The molecule has 1 heterocycles. The maximum absolute atomic E-state index is 9.10. The van der Waals surface area contributed by atoms with E-state index in [9.17, 15) is 0 Å². The number of aliphatic hydroxyl groups excluding tert-OH is 1. The van der Waals surface area contributed by atoms with Crippen LogP contribution in [0.2, 0.25) is 0 Å². The largest absolute Gasteiger partial charge is 0.396 e. The maximum Gasteiger partial charge on any atom is 0.0459 e. The zero-order valence-corrected chi connectivity index (χ0v) is 12.4. The van der Waals surface area contributed by atoms with Crippen molar-refractivity contribution in [1.82, 2.24) is 4.90 Å². The lowest BCUT2D eigenvalue weighted by Gasteiger charge is -2.34. The van der Waals surface area contributed by atoms with Crippen molar-refractivity contribution in [2.24, 2.45) is 17.6 Å². The molecule has 5 heteroatoms. The van der Waals surface area contributed by atoms with Crippen LogP contribution in [0.4, 0.5) is 0 Å². The maximum atomic E-state index is 9.10. The number of hydrogen-bond donors (Lipinski definition) is 2. The predicted octanol–water partition coefficient (Wildman–Crippen LogP) is 1.91. The van der Waals surface area contributed by atoms with E-state index >= 15 is 0 Å². The average molecular weight is 287 g/mol. The van der Waals surface area contributed by atoms with Crippen molar-refractivity contribution in [1.29, 1.82) is 0 Å². The summed E-state index contributed by atoms with van der Waals surface area (Å²) in [5, 5.41) is 9.10. The molecule has 1 aliphatic rings. The third kappa shape index (κ3) is 7.47. The van der Waals surface area contributed by atoms with E-state index in [1.807, 2.05) is 0 Å². The highest BCUT2D eigenvalue weighted by Gasteiger charge is 2.22. The Hall–Kier alpha value is 0.460. The molecule has 0 radical (unpaired) electrons. The second kappa shape index (κ2) is 11.5. The molecule has 1 unspecified atom stereocenters. The van der Waals surface area contributed by atoms with Gasteiger partial charge in [0.1, 0.15) is 0 Å².